The summed E-state index contributed by atoms with van der Waals surface area (Å²) in [6.45, 7) is 5.78. The summed E-state index contributed by atoms with van der Waals surface area (Å²) in [4.78, 5) is 6.21. The van der Waals surface area contributed by atoms with E-state index in [1.165, 1.54) is 30.0 Å². The van der Waals surface area contributed by atoms with Crippen LogP contribution < -0.4 is 4.90 Å². The van der Waals surface area contributed by atoms with Crippen LogP contribution in [0.1, 0.15) is 23.6 Å². The average Bonchev–Trinajstić information content (AvgIpc) is 3.01. The highest BCUT2D eigenvalue weighted by molar-refractivity contribution is 8.05. The number of halogens is 3. The molecule has 0 saturated heterocycles. The number of hydrogen-bond acceptors (Lipinski definition) is 5. The molecule has 10 heteroatoms. The molecule has 3 rings (SSSR count). The number of thioether (sulfide) groups is 1. The molecule has 1 aliphatic rings. The Kier molecular flexibility index (Phi) is 6.09. The summed E-state index contributed by atoms with van der Waals surface area (Å²) >= 11 is 1.33. The second-order valence-corrected chi connectivity index (χ2v) is 9.44. The van der Waals surface area contributed by atoms with Gasteiger partial charge in [-0.2, -0.15) is 21.6 Å². The van der Waals surface area contributed by atoms with Crippen molar-refractivity contribution in [2.75, 3.05) is 11.9 Å². The zero-order valence-electron chi connectivity index (χ0n) is 16.6. The Labute approximate surface area is 182 Å². The first-order chi connectivity index (χ1) is 14.3. The third kappa shape index (κ3) is 5.03. The second kappa shape index (κ2) is 8.18. The highest BCUT2D eigenvalue weighted by atomic mass is 32.2. The van der Waals surface area contributed by atoms with Crippen molar-refractivity contribution in [3.8, 4) is 0 Å². The molecule has 1 atom stereocenters. The molecular weight excluding hydrogens is 449 g/mol. The molecule has 0 fully saturated rings. The first-order valence-electron chi connectivity index (χ1n) is 8.94. The number of benzene rings is 2. The highest BCUT2D eigenvalue weighted by Gasteiger charge is 2.43. The number of allylic oxidation sites excluding steroid dienone is 1. The fourth-order valence-electron chi connectivity index (χ4n) is 3.04. The van der Waals surface area contributed by atoms with E-state index in [1.54, 1.807) is 38.2 Å². The molecule has 0 aromatic heterocycles. The monoisotopic (exact) mass is 468 g/mol. The van der Waals surface area contributed by atoms with Crippen molar-refractivity contribution in [2.45, 2.75) is 18.1 Å². The standard InChI is InChI=1S/C21H19F3N2O3S2/c1-14-15(2)30-21(25-14,18-8-6-17(7-9-18)20(22,23)24)26(3)19-10-4-16(5-11-19)12-13-31(27,28)29/h4-13H,2H2,1,3H3,(H,27,28,29). The summed E-state index contributed by atoms with van der Waals surface area (Å²) in [5, 5.41) is 0.680. The van der Waals surface area contributed by atoms with Crippen molar-refractivity contribution < 1.29 is 26.1 Å². The summed E-state index contributed by atoms with van der Waals surface area (Å²) in [6, 6.07) is 11.6. The fourth-order valence-corrected chi connectivity index (χ4v) is 4.59. The molecule has 0 spiro atoms. The Balaban J connectivity index is 2.00. The zero-order valence-corrected chi connectivity index (χ0v) is 18.2. The Morgan fingerprint density at radius 2 is 1.71 bits per heavy atom. The van der Waals surface area contributed by atoms with Gasteiger partial charge in [0.1, 0.15) is 0 Å². The van der Waals surface area contributed by atoms with Crippen molar-refractivity contribution >= 4 is 39.4 Å². The van der Waals surface area contributed by atoms with E-state index in [4.69, 9.17) is 9.55 Å². The van der Waals surface area contributed by atoms with E-state index in [9.17, 15) is 21.6 Å². The Morgan fingerprint density at radius 3 is 2.16 bits per heavy atom. The minimum atomic E-state index is -4.44. The number of anilines is 1. The van der Waals surface area contributed by atoms with Crippen LogP contribution in [0.25, 0.3) is 6.08 Å². The highest BCUT2D eigenvalue weighted by Crippen LogP contribution is 2.51. The maximum atomic E-state index is 13.0. The topological polar surface area (TPSA) is 70.0 Å². The summed E-state index contributed by atoms with van der Waals surface area (Å²) in [7, 11) is -2.47. The van der Waals surface area contributed by atoms with Gasteiger partial charge < -0.3 is 4.90 Å². The Hall–Kier alpha value is -2.56. The number of aliphatic imine (C=N–C) groups is 1. The second-order valence-electron chi connectivity index (χ2n) is 6.87. The SMILES string of the molecule is C=C1SC(c2ccc(C(F)(F)F)cc2)(N(C)c2ccc(C=CS(=O)(=O)O)cc2)N=C1C. The van der Waals surface area contributed by atoms with E-state index >= 15 is 0 Å². The largest absolute Gasteiger partial charge is 0.416 e. The molecule has 164 valence electrons. The molecule has 2 aromatic rings. The first kappa shape index (κ1) is 23.1. The molecule has 0 amide bonds. The normalized spacial score (nSPS) is 19.7. The Bertz CT molecular complexity index is 1160. The third-order valence-electron chi connectivity index (χ3n) is 4.74. The van der Waals surface area contributed by atoms with Gasteiger partial charge in [-0.15, -0.1) is 0 Å². The quantitative estimate of drug-likeness (QED) is 0.584. The van der Waals surface area contributed by atoms with Gasteiger partial charge in [-0.3, -0.25) is 4.55 Å². The lowest BCUT2D eigenvalue weighted by Crippen LogP contribution is -2.38. The molecule has 31 heavy (non-hydrogen) atoms. The van der Waals surface area contributed by atoms with Crippen LogP contribution in [0, 0.1) is 0 Å². The summed E-state index contributed by atoms with van der Waals surface area (Å²) < 4.78 is 69.5. The molecule has 1 aliphatic heterocycles. The lowest BCUT2D eigenvalue weighted by atomic mass is 10.1. The van der Waals surface area contributed by atoms with E-state index < -0.39 is 26.9 Å². The van der Waals surface area contributed by atoms with Gasteiger partial charge in [-0.1, -0.05) is 42.6 Å². The van der Waals surface area contributed by atoms with Gasteiger partial charge >= 0.3 is 6.18 Å². The predicted octanol–water partition coefficient (Wildman–Crippen LogP) is 5.53. The number of rotatable bonds is 5. The van der Waals surface area contributed by atoms with Crippen molar-refractivity contribution in [2.24, 2.45) is 4.99 Å². The number of hydrogen-bond donors (Lipinski definition) is 1. The predicted molar refractivity (Wildman–Crippen MR) is 118 cm³/mol. The van der Waals surface area contributed by atoms with Crippen LogP contribution >= 0.6 is 11.8 Å². The molecule has 1 unspecified atom stereocenters. The van der Waals surface area contributed by atoms with Crippen LogP contribution in [0.2, 0.25) is 0 Å². The van der Waals surface area contributed by atoms with Crippen LogP contribution in [-0.4, -0.2) is 25.7 Å². The van der Waals surface area contributed by atoms with Crippen molar-refractivity contribution in [3.63, 3.8) is 0 Å². The summed E-state index contributed by atoms with van der Waals surface area (Å²) in [5.41, 5.74) is 1.74. The zero-order chi connectivity index (χ0) is 23.0. The van der Waals surface area contributed by atoms with E-state index in [-0.39, 0.29) is 0 Å². The van der Waals surface area contributed by atoms with E-state index in [0.29, 0.717) is 32.8 Å². The van der Waals surface area contributed by atoms with Crippen LogP contribution in [-0.2, 0) is 21.3 Å². The van der Waals surface area contributed by atoms with Gasteiger partial charge in [0.2, 0.25) is 4.99 Å². The minimum Gasteiger partial charge on any atom is -0.338 e. The van der Waals surface area contributed by atoms with E-state index in [2.05, 4.69) is 6.58 Å². The lowest BCUT2D eigenvalue weighted by molar-refractivity contribution is -0.137. The molecule has 5 nitrogen and oxygen atoms in total. The molecule has 0 saturated carbocycles. The van der Waals surface area contributed by atoms with Crippen LogP contribution in [0.15, 0.2) is 70.4 Å². The molecule has 1 heterocycles. The molecule has 0 radical (unpaired) electrons. The number of nitrogens with zero attached hydrogens (tertiary/aromatic N) is 2. The average molecular weight is 469 g/mol. The first-order valence-corrected chi connectivity index (χ1v) is 11.3. The third-order valence-corrected chi connectivity index (χ3v) is 6.65. The molecule has 0 bridgehead atoms. The van der Waals surface area contributed by atoms with Crippen LogP contribution in [0.4, 0.5) is 18.9 Å². The summed E-state index contributed by atoms with van der Waals surface area (Å²) in [5.74, 6) is 0. The van der Waals surface area contributed by atoms with Gasteiger partial charge in [0.25, 0.3) is 10.1 Å². The Morgan fingerprint density at radius 1 is 1.13 bits per heavy atom. The maximum Gasteiger partial charge on any atom is 0.416 e. The summed E-state index contributed by atoms with van der Waals surface area (Å²) in [6.07, 6.45) is -3.19. The molecule has 1 N–H and O–H groups in total. The van der Waals surface area contributed by atoms with Crippen molar-refractivity contribution in [3.05, 3.63) is 82.1 Å². The molecular formula is C21H19F3N2O3S2. The number of alkyl halides is 3. The van der Waals surface area contributed by atoms with Gasteiger partial charge in [-0.25, -0.2) is 4.99 Å². The molecule has 0 aliphatic carbocycles. The maximum absolute atomic E-state index is 13.0. The van der Waals surface area contributed by atoms with Gasteiger partial charge in [0.05, 0.1) is 11.0 Å². The lowest BCUT2D eigenvalue weighted by Gasteiger charge is -2.37. The van der Waals surface area contributed by atoms with E-state index in [1.807, 2.05) is 4.90 Å². The van der Waals surface area contributed by atoms with Crippen LogP contribution in [0.5, 0.6) is 0 Å². The van der Waals surface area contributed by atoms with Crippen molar-refractivity contribution in [1.82, 2.24) is 0 Å². The van der Waals surface area contributed by atoms with Gasteiger partial charge in [0, 0.05) is 28.9 Å². The van der Waals surface area contributed by atoms with Gasteiger partial charge in [-0.05, 0) is 42.8 Å². The van der Waals surface area contributed by atoms with Crippen LogP contribution in [0.3, 0.4) is 0 Å². The minimum absolute atomic E-state index is 0.543. The van der Waals surface area contributed by atoms with E-state index in [0.717, 1.165) is 12.1 Å². The fraction of sp³-hybridized carbons (Fsp3) is 0.190. The van der Waals surface area contributed by atoms with Crippen molar-refractivity contribution in [1.29, 1.82) is 0 Å². The molecule has 2 aromatic carbocycles. The smallest absolute Gasteiger partial charge is 0.338 e. The van der Waals surface area contributed by atoms with Gasteiger partial charge in [0.15, 0.2) is 0 Å².